The van der Waals surface area contributed by atoms with Crippen molar-refractivity contribution >= 4 is 28.9 Å². The summed E-state index contributed by atoms with van der Waals surface area (Å²) in [6, 6.07) is 3.11. The summed E-state index contributed by atoms with van der Waals surface area (Å²) < 4.78 is 53.9. The highest BCUT2D eigenvalue weighted by atomic mass is 32.1. The van der Waals surface area contributed by atoms with Gasteiger partial charge in [0.05, 0.1) is 17.3 Å². The molecule has 2 rings (SSSR count). The first-order valence-electron chi connectivity index (χ1n) is 6.92. The number of nitrogens with zero attached hydrogens (tertiary/aromatic N) is 3. The lowest BCUT2D eigenvalue weighted by Gasteiger charge is -2.27. The maximum Gasteiger partial charge on any atom is 0.420 e. The monoisotopic (exact) mass is 359 g/mol. The van der Waals surface area contributed by atoms with Crippen LogP contribution in [0.15, 0.2) is 12.1 Å². The average molecular weight is 359 g/mol. The van der Waals surface area contributed by atoms with E-state index >= 15 is 0 Å². The third-order valence-corrected chi connectivity index (χ3v) is 4.79. The second-order valence-corrected chi connectivity index (χ2v) is 5.91. The summed E-state index contributed by atoms with van der Waals surface area (Å²) in [5.74, 6) is -2.31. The summed E-state index contributed by atoms with van der Waals surface area (Å²) >= 11 is 5.11. The first-order chi connectivity index (χ1) is 11.0. The molecule has 1 atom stereocenters. The van der Waals surface area contributed by atoms with E-state index in [0.717, 1.165) is 17.0 Å². The Morgan fingerprint density at radius 1 is 1.38 bits per heavy atom. The van der Waals surface area contributed by atoms with E-state index in [4.69, 9.17) is 17.5 Å². The number of benzene rings is 1. The highest BCUT2D eigenvalue weighted by Gasteiger charge is 2.51. The fraction of sp³-hybridized carbons (Fsp3) is 0.400. The highest BCUT2D eigenvalue weighted by molar-refractivity contribution is 7.80. The molecule has 24 heavy (non-hydrogen) atoms. The molecule has 0 aliphatic carbocycles. The van der Waals surface area contributed by atoms with Crippen LogP contribution >= 0.6 is 12.2 Å². The van der Waals surface area contributed by atoms with Crippen molar-refractivity contribution in [3.05, 3.63) is 29.1 Å². The Morgan fingerprint density at radius 3 is 2.38 bits per heavy atom. The Morgan fingerprint density at radius 2 is 1.96 bits per heavy atom. The van der Waals surface area contributed by atoms with Gasteiger partial charge in [0.15, 0.2) is 10.9 Å². The third kappa shape index (κ3) is 2.41. The number of amides is 1. The van der Waals surface area contributed by atoms with Gasteiger partial charge in [-0.05, 0) is 37.7 Å². The summed E-state index contributed by atoms with van der Waals surface area (Å²) in [5, 5.41) is 8.70. The lowest BCUT2D eigenvalue weighted by atomic mass is 9.97. The molecule has 9 heteroatoms. The number of hydrogen-bond acceptors (Lipinski definition) is 3. The van der Waals surface area contributed by atoms with Gasteiger partial charge in [-0.3, -0.25) is 9.69 Å². The first-order valence-corrected chi connectivity index (χ1v) is 7.33. The van der Waals surface area contributed by atoms with Gasteiger partial charge < -0.3 is 4.90 Å². The fourth-order valence-corrected chi connectivity index (χ4v) is 2.92. The largest absolute Gasteiger partial charge is 0.420 e. The molecule has 128 valence electrons. The van der Waals surface area contributed by atoms with Crippen LogP contribution in [0.25, 0.3) is 0 Å². The van der Waals surface area contributed by atoms with E-state index in [9.17, 15) is 22.4 Å². The van der Waals surface area contributed by atoms with Crippen LogP contribution in [0.4, 0.5) is 23.2 Å². The quantitative estimate of drug-likeness (QED) is 0.599. The highest BCUT2D eigenvalue weighted by Crippen LogP contribution is 2.40. The summed E-state index contributed by atoms with van der Waals surface area (Å²) in [5.41, 5.74) is -4.24. The minimum absolute atomic E-state index is 0.0962. The molecule has 1 fully saturated rings. The summed E-state index contributed by atoms with van der Waals surface area (Å²) in [6.07, 6.45) is -4.74. The molecule has 1 amide bonds. The van der Waals surface area contributed by atoms with Crippen molar-refractivity contribution in [3.63, 3.8) is 0 Å². The fourth-order valence-electron chi connectivity index (χ4n) is 2.54. The van der Waals surface area contributed by atoms with Crippen molar-refractivity contribution in [1.82, 2.24) is 4.90 Å². The molecule has 0 saturated carbocycles. The van der Waals surface area contributed by atoms with E-state index in [2.05, 4.69) is 0 Å². The number of carbonyl (C=O) groups is 1. The minimum Gasteiger partial charge on any atom is -0.337 e. The first kappa shape index (κ1) is 18.1. The molecule has 0 aromatic heterocycles. The standard InChI is InChI=1S/C15H13F4N3OS/c1-4-14(2)12(23)22(13(24)21(14)3)9-6-5-8(7-20)10(11(9)16)15(17,18)19/h5-6H,4H2,1-3H3. The molecule has 0 spiro atoms. The predicted molar refractivity (Wildman–Crippen MR) is 82.7 cm³/mol. The Hall–Kier alpha value is -2.21. The number of rotatable bonds is 2. The van der Waals surface area contributed by atoms with Crippen molar-refractivity contribution in [3.8, 4) is 6.07 Å². The zero-order valence-corrected chi connectivity index (χ0v) is 13.8. The van der Waals surface area contributed by atoms with Gasteiger partial charge in [0, 0.05) is 7.05 Å². The predicted octanol–water partition coefficient (Wildman–Crippen LogP) is 3.45. The van der Waals surface area contributed by atoms with Crippen molar-refractivity contribution in [1.29, 1.82) is 5.26 Å². The minimum atomic E-state index is -5.07. The molecule has 1 aromatic carbocycles. The van der Waals surface area contributed by atoms with E-state index in [0.29, 0.717) is 6.42 Å². The normalized spacial score (nSPS) is 21.4. The second-order valence-electron chi connectivity index (χ2n) is 5.54. The molecule has 0 radical (unpaired) electrons. The van der Waals surface area contributed by atoms with Crippen LogP contribution in [-0.4, -0.2) is 28.5 Å². The number of hydrogen-bond donors (Lipinski definition) is 0. The van der Waals surface area contributed by atoms with Crippen molar-refractivity contribution in [2.45, 2.75) is 32.0 Å². The molecule has 1 unspecified atom stereocenters. The molecule has 1 heterocycles. The maximum atomic E-state index is 14.6. The summed E-state index contributed by atoms with van der Waals surface area (Å²) in [7, 11) is 1.52. The average Bonchev–Trinajstić information content (AvgIpc) is 2.68. The number of carbonyl (C=O) groups excluding carboxylic acids is 1. The van der Waals surface area contributed by atoms with E-state index in [1.165, 1.54) is 18.0 Å². The van der Waals surface area contributed by atoms with E-state index in [1.807, 2.05) is 0 Å². The second kappa shape index (κ2) is 5.70. The van der Waals surface area contributed by atoms with Crippen LogP contribution in [0.3, 0.4) is 0 Å². The summed E-state index contributed by atoms with van der Waals surface area (Å²) in [4.78, 5) is 14.8. The number of halogens is 4. The van der Waals surface area contributed by atoms with Crippen LogP contribution in [0, 0.1) is 17.1 Å². The SMILES string of the molecule is CCC1(C)C(=O)N(c2ccc(C#N)c(C(F)(F)F)c2F)C(=S)N1C. The Kier molecular flexibility index (Phi) is 4.31. The van der Waals surface area contributed by atoms with Gasteiger partial charge in [0.2, 0.25) is 0 Å². The molecule has 1 aliphatic rings. The molecule has 1 saturated heterocycles. The van der Waals surface area contributed by atoms with Gasteiger partial charge in [-0.25, -0.2) is 4.39 Å². The van der Waals surface area contributed by atoms with Crippen LogP contribution < -0.4 is 4.90 Å². The van der Waals surface area contributed by atoms with Gasteiger partial charge in [-0.15, -0.1) is 0 Å². The number of anilines is 1. The van der Waals surface area contributed by atoms with Gasteiger partial charge >= 0.3 is 6.18 Å². The van der Waals surface area contributed by atoms with Crippen LogP contribution in [0.1, 0.15) is 31.4 Å². The van der Waals surface area contributed by atoms with Gasteiger partial charge in [0.1, 0.15) is 11.1 Å². The molecular weight excluding hydrogens is 346 g/mol. The van der Waals surface area contributed by atoms with Gasteiger partial charge in [-0.1, -0.05) is 6.92 Å². The molecule has 1 aliphatic heterocycles. The topological polar surface area (TPSA) is 47.3 Å². The third-order valence-electron chi connectivity index (χ3n) is 4.34. The number of likely N-dealkylation sites (N-methyl/N-ethyl adjacent to an activating group) is 1. The zero-order chi connectivity index (χ0) is 18.4. The lowest BCUT2D eigenvalue weighted by molar-refractivity contribution is -0.140. The Bertz CT molecular complexity index is 771. The van der Waals surface area contributed by atoms with Crippen LogP contribution in [0.2, 0.25) is 0 Å². The van der Waals surface area contributed by atoms with Gasteiger partial charge in [-0.2, -0.15) is 18.4 Å². The maximum absolute atomic E-state index is 14.6. The van der Waals surface area contributed by atoms with E-state index in [-0.39, 0.29) is 5.11 Å². The van der Waals surface area contributed by atoms with Crippen LogP contribution in [0.5, 0.6) is 0 Å². The van der Waals surface area contributed by atoms with Crippen molar-refractivity contribution in [2.24, 2.45) is 0 Å². The zero-order valence-electron chi connectivity index (χ0n) is 13.0. The Balaban J connectivity index is 2.70. The molecule has 1 aromatic rings. The lowest BCUT2D eigenvalue weighted by Crippen LogP contribution is -2.44. The molecule has 4 nitrogen and oxygen atoms in total. The van der Waals surface area contributed by atoms with Crippen LogP contribution in [-0.2, 0) is 11.0 Å². The van der Waals surface area contributed by atoms with Crippen molar-refractivity contribution < 1.29 is 22.4 Å². The van der Waals surface area contributed by atoms with Crippen molar-refractivity contribution in [2.75, 3.05) is 11.9 Å². The summed E-state index contributed by atoms with van der Waals surface area (Å²) in [6.45, 7) is 3.30. The molecule has 0 bridgehead atoms. The Labute approximate surface area is 141 Å². The molecular formula is C15H13F4N3OS. The number of alkyl halides is 3. The van der Waals surface area contributed by atoms with E-state index in [1.54, 1.807) is 13.8 Å². The van der Waals surface area contributed by atoms with E-state index < -0.39 is 40.3 Å². The van der Waals surface area contributed by atoms with Gasteiger partial charge in [0.25, 0.3) is 5.91 Å². The smallest absolute Gasteiger partial charge is 0.337 e. The number of nitriles is 1. The number of thiocarbonyl (C=S) groups is 1. The molecule has 0 N–H and O–H groups in total.